The Hall–Kier alpha value is -1.86. The fraction of sp³-hybridized carbons (Fsp3) is 0.600. The highest BCUT2D eigenvalue weighted by Crippen LogP contribution is 2.29. The van der Waals surface area contributed by atoms with Gasteiger partial charge in [-0.15, -0.1) is 12.4 Å². The number of likely N-dealkylation sites (tertiary alicyclic amines) is 1. The monoisotopic (exact) mass is 413 g/mol. The van der Waals surface area contributed by atoms with Crippen LogP contribution >= 0.6 is 12.4 Å². The van der Waals surface area contributed by atoms with Crippen LogP contribution in [0.25, 0.3) is 0 Å². The molecular formula is C20H29ClFN3O3. The third-order valence-corrected chi connectivity index (χ3v) is 5.36. The van der Waals surface area contributed by atoms with Crippen LogP contribution in [0.15, 0.2) is 18.2 Å². The molecule has 0 spiro atoms. The van der Waals surface area contributed by atoms with Gasteiger partial charge in [-0.05, 0) is 31.5 Å². The van der Waals surface area contributed by atoms with Gasteiger partial charge in [0.15, 0.2) is 0 Å². The summed E-state index contributed by atoms with van der Waals surface area (Å²) in [5.74, 6) is 0.409. The number of nitrogens with zero attached hydrogens (tertiary/aromatic N) is 3. The second-order valence-electron chi connectivity index (χ2n) is 7.14. The zero-order valence-corrected chi connectivity index (χ0v) is 17.2. The molecule has 2 amide bonds. The van der Waals surface area contributed by atoms with Crippen LogP contribution in [-0.4, -0.2) is 68.0 Å². The lowest BCUT2D eigenvalue weighted by Crippen LogP contribution is -2.46. The first-order chi connectivity index (χ1) is 13.1. The van der Waals surface area contributed by atoms with Crippen LogP contribution in [0.1, 0.15) is 32.1 Å². The fourth-order valence-electron chi connectivity index (χ4n) is 3.78. The van der Waals surface area contributed by atoms with Gasteiger partial charge in [0.1, 0.15) is 11.6 Å². The minimum Gasteiger partial charge on any atom is -0.495 e. The first-order valence-corrected chi connectivity index (χ1v) is 9.72. The highest BCUT2D eigenvalue weighted by atomic mass is 35.5. The molecule has 0 bridgehead atoms. The Morgan fingerprint density at radius 1 is 0.964 bits per heavy atom. The van der Waals surface area contributed by atoms with E-state index >= 15 is 0 Å². The number of hydrogen-bond donors (Lipinski definition) is 0. The SMILES string of the molecule is COc1ccc(F)cc1N1CCN(CCCCCN2C(=O)CCC2=O)CC1.Cl. The number of benzene rings is 1. The van der Waals surface area contributed by atoms with Crippen molar-refractivity contribution >= 4 is 29.9 Å². The molecule has 2 aliphatic rings. The summed E-state index contributed by atoms with van der Waals surface area (Å²) in [6.45, 7) is 5.12. The quantitative estimate of drug-likeness (QED) is 0.484. The summed E-state index contributed by atoms with van der Waals surface area (Å²) in [6, 6.07) is 4.63. The average molecular weight is 414 g/mol. The van der Waals surface area contributed by atoms with Gasteiger partial charge in [0.05, 0.1) is 12.8 Å². The molecule has 0 aromatic heterocycles. The molecule has 156 valence electrons. The number of anilines is 1. The van der Waals surface area contributed by atoms with Crippen molar-refractivity contribution in [3.8, 4) is 5.75 Å². The van der Waals surface area contributed by atoms with Crippen molar-refractivity contribution in [2.75, 3.05) is 51.3 Å². The number of carbonyl (C=O) groups is 2. The summed E-state index contributed by atoms with van der Waals surface area (Å²) >= 11 is 0. The van der Waals surface area contributed by atoms with E-state index in [1.165, 1.54) is 17.0 Å². The number of unbranched alkanes of at least 4 members (excludes halogenated alkanes) is 2. The second-order valence-corrected chi connectivity index (χ2v) is 7.14. The fourth-order valence-corrected chi connectivity index (χ4v) is 3.78. The summed E-state index contributed by atoms with van der Waals surface area (Å²) < 4.78 is 18.9. The van der Waals surface area contributed by atoms with Crippen molar-refractivity contribution in [3.63, 3.8) is 0 Å². The van der Waals surface area contributed by atoms with E-state index in [0.717, 1.165) is 57.7 Å². The van der Waals surface area contributed by atoms with Gasteiger partial charge in [-0.2, -0.15) is 0 Å². The first-order valence-electron chi connectivity index (χ1n) is 9.72. The lowest BCUT2D eigenvalue weighted by Gasteiger charge is -2.36. The molecule has 0 radical (unpaired) electrons. The third kappa shape index (κ3) is 5.58. The summed E-state index contributed by atoms with van der Waals surface area (Å²) in [5.41, 5.74) is 0.817. The van der Waals surface area contributed by atoms with E-state index in [1.807, 2.05) is 0 Å². The Kier molecular flexibility index (Phi) is 8.51. The van der Waals surface area contributed by atoms with E-state index in [9.17, 15) is 14.0 Å². The second kappa shape index (κ2) is 10.6. The summed E-state index contributed by atoms with van der Waals surface area (Å²) in [7, 11) is 1.61. The van der Waals surface area contributed by atoms with Crippen LogP contribution < -0.4 is 9.64 Å². The molecule has 0 saturated carbocycles. The maximum absolute atomic E-state index is 13.6. The Balaban J connectivity index is 0.00000280. The molecule has 6 nitrogen and oxygen atoms in total. The summed E-state index contributed by atoms with van der Waals surface area (Å²) in [4.78, 5) is 29.1. The molecule has 0 aliphatic carbocycles. The van der Waals surface area contributed by atoms with Gasteiger partial charge >= 0.3 is 0 Å². The Labute approximate surface area is 172 Å². The molecule has 2 fully saturated rings. The van der Waals surface area contributed by atoms with Crippen LogP contribution in [0, 0.1) is 5.82 Å². The number of halogens is 2. The number of amides is 2. The zero-order valence-electron chi connectivity index (χ0n) is 16.4. The predicted molar refractivity (Wildman–Crippen MR) is 109 cm³/mol. The molecule has 2 heterocycles. The van der Waals surface area contributed by atoms with E-state index < -0.39 is 0 Å². The van der Waals surface area contributed by atoms with Gasteiger partial charge in [0, 0.05) is 51.6 Å². The Morgan fingerprint density at radius 2 is 1.61 bits per heavy atom. The largest absolute Gasteiger partial charge is 0.495 e. The van der Waals surface area contributed by atoms with E-state index in [-0.39, 0.29) is 30.0 Å². The molecular weight excluding hydrogens is 385 g/mol. The molecule has 2 aliphatic heterocycles. The minimum absolute atomic E-state index is 0. The molecule has 0 atom stereocenters. The third-order valence-electron chi connectivity index (χ3n) is 5.36. The number of carbonyl (C=O) groups excluding carboxylic acids is 2. The van der Waals surface area contributed by atoms with Crippen LogP contribution in [0.4, 0.5) is 10.1 Å². The van der Waals surface area contributed by atoms with Crippen LogP contribution in [0.5, 0.6) is 5.75 Å². The molecule has 2 saturated heterocycles. The normalized spacial score (nSPS) is 17.8. The van der Waals surface area contributed by atoms with Crippen molar-refractivity contribution < 1.29 is 18.7 Å². The van der Waals surface area contributed by atoms with Gasteiger partial charge in [0.2, 0.25) is 11.8 Å². The standard InChI is InChI=1S/C20H28FN3O3.ClH/c1-27-18-6-5-16(21)15-17(18)23-13-11-22(12-14-23)9-3-2-4-10-24-19(25)7-8-20(24)26;/h5-6,15H,2-4,7-14H2,1H3;1H. The number of imide groups is 1. The predicted octanol–water partition coefficient (Wildman–Crippen LogP) is 2.70. The number of rotatable bonds is 8. The van der Waals surface area contributed by atoms with Crippen LogP contribution in [0.3, 0.4) is 0 Å². The first kappa shape index (κ1) is 22.4. The van der Waals surface area contributed by atoms with Crippen LogP contribution in [0.2, 0.25) is 0 Å². The van der Waals surface area contributed by atoms with Gasteiger partial charge in [0.25, 0.3) is 0 Å². The lowest BCUT2D eigenvalue weighted by atomic mass is 10.2. The average Bonchev–Trinajstić information content (AvgIpc) is 3.00. The van der Waals surface area contributed by atoms with Gasteiger partial charge in [-0.3, -0.25) is 19.4 Å². The van der Waals surface area contributed by atoms with E-state index in [4.69, 9.17) is 4.74 Å². The molecule has 0 N–H and O–H groups in total. The molecule has 8 heteroatoms. The van der Waals surface area contributed by atoms with Crippen molar-refractivity contribution in [2.45, 2.75) is 32.1 Å². The lowest BCUT2D eigenvalue weighted by molar-refractivity contribution is -0.138. The topological polar surface area (TPSA) is 53.1 Å². The van der Waals surface area contributed by atoms with Gasteiger partial charge < -0.3 is 9.64 Å². The molecule has 28 heavy (non-hydrogen) atoms. The highest BCUT2D eigenvalue weighted by Gasteiger charge is 2.28. The Bertz CT molecular complexity index is 665. The molecule has 3 rings (SSSR count). The molecule has 0 unspecified atom stereocenters. The van der Waals surface area contributed by atoms with E-state index in [2.05, 4.69) is 9.80 Å². The summed E-state index contributed by atoms with van der Waals surface area (Å²) in [6.07, 6.45) is 3.69. The molecule has 1 aromatic carbocycles. The van der Waals surface area contributed by atoms with Crippen molar-refractivity contribution in [2.24, 2.45) is 0 Å². The smallest absolute Gasteiger partial charge is 0.229 e. The van der Waals surface area contributed by atoms with Crippen molar-refractivity contribution in [1.29, 1.82) is 0 Å². The van der Waals surface area contributed by atoms with Crippen molar-refractivity contribution in [1.82, 2.24) is 9.80 Å². The number of ether oxygens (including phenoxy) is 1. The molecule has 1 aromatic rings. The highest BCUT2D eigenvalue weighted by molar-refractivity contribution is 6.01. The van der Waals surface area contributed by atoms with E-state index in [0.29, 0.717) is 25.1 Å². The Morgan fingerprint density at radius 3 is 2.25 bits per heavy atom. The zero-order chi connectivity index (χ0) is 19.2. The van der Waals surface area contributed by atoms with E-state index in [1.54, 1.807) is 13.2 Å². The number of methoxy groups -OCH3 is 1. The van der Waals surface area contributed by atoms with Crippen molar-refractivity contribution in [3.05, 3.63) is 24.0 Å². The number of piperazine rings is 1. The van der Waals surface area contributed by atoms with Crippen LogP contribution in [-0.2, 0) is 9.59 Å². The maximum Gasteiger partial charge on any atom is 0.229 e. The summed E-state index contributed by atoms with van der Waals surface area (Å²) in [5, 5.41) is 0. The maximum atomic E-state index is 13.6. The number of hydrogen-bond acceptors (Lipinski definition) is 5. The minimum atomic E-state index is -0.247. The van der Waals surface area contributed by atoms with Gasteiger partial charge in [-0.1, -0.05) is 6.42 Å². The van der Waals surface area contributed by atoms with Gasteiger partial charge in [-0.25, -0.2) is 4.39 Å².